The maximum absolute atomic E-state index is 12.2. The summed E-state index contributed by atoms with van der Waals surface area (Å²) >= 11 is 0. The summed E-state index contributed by atoms with van der Waals surface area (Å²) in [4.78, 5) is 12.2. The molecule has 0 aromatic heterocycles. The maximum atomic E-state index is 12.2. The Morgan fingerprint density at radius 1 is 1.23 bits per heavy atom. The number of rotatable bonds is 3. The first kappa shape index (κ1) is 16.8. The van der Waals surface area contributed by atoms with Crippen molar-refractivity contribution in [2.75, 3.05) is 12.3 Å². The third-order valence-electron chi connectivity index (χ3n) is 3.73. The van der Waals surface area contributed by atoms with Crippen molar-refractivity contribution in [3.8, 4) is 5.75 Å². The molecule has 0 N–H and O–H groups in total. The third kappa shape index (κ3) is 3.61. The Bertz CT molecular complexity index is 644. The molecule has 1 heterocycles. The Morgan fingerprint density at radius 2 is 1.82 bits per heavy atom. The molecule has 5 nitrogen and oxygen atoms in total. The van der Waals surface area contributed by atoms with Crippen molar-refractivity contribution in [3.63, 3.8) is 0 Å². The van der Waals surface area contributed by atoms with Crippen molar-refractivity contribution >= 4 is 15.9 Å². The Labute approximate surface area is 132 Å². The Kier molecular flexibility index (Phi) is 4.52. The fourth-order valence-corrected chi connectivity index (χ4v) is 3.92. The van der Waals surface area contributed by atoms with E-state index >= 15 is 0 Å². The van der Waals surface area contributed by atoms with E-state index < -0.39 is 22.0 Å². The Morgan fingerprint density at radius 3 is 2.27 bits per heavy atom. The first-order valence-electron chi connectivity index (χ1n) is 7.43. The fourth-order valence-electron chi connectivity index (χ4n) is 2.38. The van der Waals surface area contributed by atoms with Crippen LogP contribution >= 0.6 is 0 Å². The molecule has 0 bridgehead atoms. The molecule has 0 radical (unpaired) electrons. The first-order chi connectivity index (χ1) is 10.1. The van der Waals surface area contributed by atoms with Gasteiger partial charge in [0.25, 0.3) is 5.91 Å². The number of carbonyl (C=O) groups excluding carboxylic acids is 1. The largest absolute Gasteiger partial charge is 0.481 e. The Balaban J connectivity index is 2.06. The highest BCUT2D eigenvalue weighted by molar-refractivity contribution is 7.89. The molecular weight excluding hydrogens is 302 g/mol. The van der Waals surface area contributed by atoms with E-state index in [2.05, 4.69) is 20.8 Å². The molecule has 1 aromatic carbocycles. The zero-order chi connectivity index (χ0) is 16.5. The summed E-state index contributed by atoms with van der Waals surface area (Å²) in [6, 6.07) is 7.53. The molecule has 1 atom stereocenters. The lowest BCUT2D eigenvalue weighted by atomic mass is 9.87. The highest BCUT2D eigenvalue weighted by Gasteiger charge is 2.35. The number of benzene rings is 1. The molecule has 122 valence electrons. The fraction of sp³-hybridized carbons (Fsp3) is 0.562. The van der Waals surface area contributed by atoms with Crippen LogP contribution in [0.4, 0.5) is 0 Å². The van der Waals surface area contributed by atoms with Crippen LogP contribution < -0.4 is 4.74 Å². The summed E-state index contributed by atoms with van der Waals surface area (Å²) in [5, 5.41) is 0. The number of carbonyl (C=O) groups is 1. The van der Waals surface area contributed by atoms with Gasteiger partial charge >= 0.3 is 0 Å². The average Bonchev–Trinajstić information content (AvgIpc) is 2.77. The molecule has 1 saturated heterocycles. The van der Waals surface area contributed by atoms with Gasteiger partial charge in [-0.2, -0.15) is 0 Å². The number of nitrogens with zero attached hydrogens (tertiary/aromatic N) is 1. The normalized spacial score (nSPS) is 19.0. The van der Waals surface area contributed by atoms with Crippen LogP contribution in [0, 0.1) is 0 Å². The molecule has 0 unspecified atom stereocenters. The molecule has 1 aliphatic rings. The number of amides is 1. The van der Waals surface area contributed by atoms with Gasteiger partial charge in [-0.15, -0.1) is 0 Å². The molecular formula is C16H23NO4S. The molecule has 1 aliphatic heterocycles. The molecule has 1 amide bonds. The van der Waals surface area contributed by atoms with E-state index in [0.29, 0.717) is 12.2 Å². The van der Waals surface area contributed by atoms with Crippen LogP contribution in [0.5, 0.6) is 5.75 Å². The van der Waals surface area contributed by atoms with E-state index in [4.69, 9.17) is 4.74 Å². The summed E-state index contributed by atoms with van der Waals surface area (Å²) in [5.41, 5.74) is 1.21. The lowest BCUT2D eigenvalue weighted by Gasteiger charge is -2.22. The highest BCUT2D eigenvalue weighted by atomic mass is 32.2. The minimum Gasteiger partial charge on any atom is -0.481 e. The van der Waals surface area contributed by atoms with E-state index in [9.17, 15) is 13.2 Å². The van der Waals surface area contributed by atoms with Crippen LogP contribution in [-0.4, -0.2) is 37.0 Å². The second-order valence-corrected chi connectivity index (χ2v) is 8.63. The topological polar surface area (TPSA) is 63.7 Å². The zero-order valence-corrected chi connectivity index (χ0v) is 14.3. The van der Waals surface area contributed by atoms with Gasteiger partial charge in [-0.1, -0.05) is 32.9 Å². The van der Waals surface area contributed by atoms with Crippen molar-refractivity contribution in [1.29, 1.82) is 0 Å². The first-order valence-corrected chi connectivity index (χ1v) is 9.03. The second-order valence-electron chi connectivity index (χ2n) is 6.61. The average molecular weight is 325 g/mol. The third-order valence-corrected chi connectivity index (χ3v) is 5.56. The van der Waals surface area contributed by atoms with Crippen LogP contribution in [0.3, 0.4) is 0 Å². The van der Waals surface area contributed by atoms with Crippen LogP contribution in [0.1, 0.15) is 39.7 Å². The molecule has 0 spiro atoms. The van der Waals surface area contributed by atoms with Gasteiger partial charge in [0, 0.05) is 6.54 Å². The van der Waals surface area contributed by atoms with E-state index in [-0.39, 0.29) is 17.7 Å². The van der Waals surface area contributed by atoms with Gasteiger partial charge in [-0.05, 0) is 36.5 Å². The molecule has 2 rings (SSSR count). The van der Waals surface area contributed by atoms with E-state index in [1.54, 1.807) is 6.92 Å². The van der Waals surface area contributed by atoms with Gasteiger partial charge in [0.15, 0.2) is 6.10 Å². The van der Waals surface area contributed by atoms with E-state index in [0.717, 1.165) is 4.31 Å². The number of ether oxygens (including phenoxy) is 1. The summed E-state index contributed by atoms with van der Waals surface area (Å²) < 4.78 is 30.1. The van der Waals surface area contributed by atoms with Crippen molar-refractivity contribution in [1.82, 2.24) is 4.31 Å². The van der Waals surface area contributed by atoms with Gasteiger partial charge in [-0.3, -0.25) is 4.79 Å². The molecule has 0 aliphatic carbocycles. The smallest absolute Gasteiger partial charge is 0.276 e. The standard InChI is InChI=1S/C16H23NO4S/c1-12(15(18)17-10-5-11-22(17,19)20)21-14-8-6-13(7-9-14)16(2,3)4/h6-9,12H,5,10-11H2,1-4H3/t12-/m0/s1. The van der Waals surface area contributed by atoms with Gasteiger partial charge in [0.05, 0.1) is 5.75 Å². The summed E-state index contributed by atoms with van der Waals surface area (Å²) in [5.74, 6) is 0.0917. The summed E-state index contributed by atoms with van der Waals surface area (Å²) in [6.45, 7) is 8.18. The Hall–Kier alpha value is -1.56. The van der Waals surface area contributed by atoms with Gasteiger partial charge in [-0.25, -0.2) is 12.7 Å². The number of hydrogen-bond acceptors (Lipinski definition) is 4. The molecule has 1 aromatic rings. The molecule has 6 heteroatoms. The number of hydrogen-bond donors (Lipinski definition) is 0. The number of sulfonamides is 1. The second kappa shape index (κ2) is 5.91. The SMILES string of the molecule is C[C@H](Oc1ccc(C(C)(C)C)cc1)C(=O)N1CCCS1(=O)=O. The van der Waals surface area contributed by atoms with E-state index in [1.807, 2.05) is 24.3 Å². The lowest BCUT2D eigenvalue weighted by molar-refractivity contribution is -0.132. The van der Waals surface area contributed by atoms with Crippen LogP contribution in [0.15, 0.2) is 24.3 Å². The summed E-state index contributed by atoms with van der Waals surface area (Å²) in [6.07, 6.45) is -0.338. The maximum Gasteiger partial charge on any atom is 0.276 e. The lowest BCUT2D eigenvalue weighted by Crippen LogP contribution is -2.41. The van der Waals surface area contributed by atoms with Crippen molar-refractivity contribution in [2.24, 2.45) is 0 Å². The predicted molar refractivity (Wildman–Crippen MR) is 85.3 cm³/mol. The monoisotopic (exact) mass is 325 g/mol. The van der Waals surface area contributed by atoms with Crippen molar-refractivity contribution in [3.05, 3.63) is 29.8 Å². The molecule has 22 heavy (non-hydrogen) atoms. The minimum atomic E-state index is -3.45. The van der Waals surface area contributed by atoms with Crippen molar-refractivity contribution < 1.29 is 17.9 Å². The highest BCUT2D eigenvalue weighted by Crippen LogP contribution is 2.25. The van der Waals surface area contributed by atoms with E-state index in [1.165, 1.54) is 5.56 Å². The van der Waals surface area contributed by atoms with Crippen LogP contribution in [-0.2, 0) is 20.2 Å². The summed E-state index contributed by atoms with van der Waals surface area (Å²) in [7, 11) is -3.45. The van der Waals surface area contributed by atoms with Gasteiger partial charge in [0.1, 0.15) is 5.75 Å². The predicted octanol–water partition coefficient (Wildman–Crippen LogP) is 2.31. The minimum absolute atomic E-state index is 0.0335. The zero-order valence-electron chi connectivity index (χ0n) is 13.5. The quantitative estimate of drug-likeness (QED) is 0.855. The van der Waals surface area contributed by atoms with Gasteiger partial charge < -0.3 is 4.74 Å². The van der Waals surface area contributed by atoms with Gasteiger partial charge in [0.2, 0.25) is 10.0 Å². The molecule has 0 saturated carbocycles. The molecule has 1 fully saturated rings. The van der Waals surface area contributed by atoms with Crippen LogP contribution in [0.25, 0.3) is 0 Å². The van der Waals surface area contributed by atoms with Crippen molar-refractivity contribution in [2.45, 2.75) is 45.6 Å². The van der Waals surface area contributed by atoms with Crippen LogP contribution in [0.2, 0.25) is 0 Å².